The highest BCUT2D eigenvalue weighted by atomic mass is 32.1. The maximum atomic E-state index is 12.0. The predicted molar refractivity (Wildman–Crippen MR) is 107 cm³/mol. The van der Waals surface area contributed by atoms with E-state index < -0.39 is 0 Å². The molecular weight excluding hydrogens is 346 g/mol. The Balaban J connectivity index is 1.59. The van der Waals surface area contributed by atoms with Crippen molar-refractivity contribution in [3.63, 3.8) is 0 Å². The Bertz CT molecular complexity index is 890. The van der Waals surface area contributed by atoms with Gasteiger partial charge in [0, 0.05) is 34.6 Å². The van der Waals surface area contributed by atoms with Gasteiger partial charge in [-0.1, -0.05) is 12.1 Å². The number of thiophene rings is 1. The van der Waals surface area contributed by atoms with Crippen LogP contribution in [0.2, 0.25) is 0 Å². The Morgan fingerprint density at radius 2 is 1.58 bits per heavy atom. The van der Waals surface area contributed by atoms with E-state index in [1.807, 2.05) is 66.0 Å². The van der Waals surface area contributed by atoms with Crippen molar-refractivity contribution < 1.29 is 9.59 Å². The Morgan fingerprint density at radius 1 is 0.846 bits per heavy atom. The molecule has 6 heteroatoms. The number of carbonyl (C=O) groups excluding carboxylic acids is 2. The minimum atomic E-state index is -0.107. The van der Waals surface area contributed by atoms with Gasteiger partial charge in [0.2, 0.25) is 11.8 Å². The molecule has 5 nitrogen and oxygen atoms in total. The standard InChI is InChI=1S/C20H19N3O2S/c1-14(24)21-17-4-2-5-18(12-17)22-15-7-9-16(10-8-15)23-20(25)13-19-6-3-11-26-19/h2-12,22H,13H2,1H3,(H,21,24)(H,23,25). The summed E-state index contributed by atoms with van der Waals surface area (Å²) in [4.78, 5) is 24.2. The van der Waals surface area contributed by atoms with Gasteiger partial charge in [0.1, 0.15) is 0 Å². The number of hydrogen-bond acceptors (Lipinski definition) is 4. The molecule has 0 fully saturated rings. The molecule has 0 aliphatic carbocycles. The molecule has 0 bridgehead atoms. The summed E-state index contributed by atoms with van der Waals surface area (Å²) in [5.74, 6) is -0.138. The van der Waals surface area contributed by atoms with Crippen LogP contribution in [0.5, 0.6) is 0 Å². The summed E-state index contributed by atoms with van der Waals surface area (Å²) in [6, 6.07) is 18.9. The second-order valence-electron chi connectivity index (χ2n) is 5.77. The van der Waals surface area contributed by atoms with Crippen LogP contribution in [0.1, 0.15) is 11.8 Å². The Labute approximate surface area is 156 Å². The van der Waals surface area contributed by atoms with Gasteiger partial charge in [-0.15, -0.1) is 11.3 Å². The van der Waals surface area contributed by atoms with Crippen LogP contribution >= 0.6 is 11.3 Å². The van der Waals surface area contributed by atoms with Gasteiger partial charge in [0.15, 0.2) is 0 Å². The summed E-state index contributed by atoms with van der Waals surface area (Å²) in [7, 11) is 0. The van der Waals surface area contributed by atoms with E-state index in [0.717, 1.165) is 27.6 Å². The van der Waals surface area contributed by atoms with Gasteiger partial charge in [0.25, 0.3) is 0 Å². The molecule has 3 rings (SSSR count). The summed E-state index contributed by atoms with van der Waals surface area (Å²) >= 11 is 1.57. The van der Waals surface area contributed by atoms with Crippen molar-refractivity contribution in [2.75, 3.05) is 16.0 Å². The molecule has 132 valence electrons. The maximum Gasteiger partial charge on any atom is 0.229 e. The lowest BCUT2D eigenvalue weighted by atomic mass is 10.2. The fraction of sp³-hybridized carbons (Fsp3) is 0.100. The third-order valence-corrected chi connectivity index (χ3v) is 4.43. The lowest BCUT2D eigenvalue weighted by molar-refractivity contribution is -0.115. The molecule has 3 aromatic rings. The van der Waals surface area contributed by atoms with E-state index in [1.165, 1.54) is 6.92 Å². The second kappa shape index (κ2) is 8.31. The molecule has 0 radical (unpaired) electrons. The highest BCUT2D eigenvalue weighted by Crippen LogP contribution is 2.22. The molecule has 0 spiro atoms. The third kappa shape index (κ3) is 5.19. The fourth-order valence-electron chi connectivity index (χ4n) is 2.46. The largest absolute Gasteiger partial charge is 0.355 e. The molecule has 2 amide bonds. The highest BCUT2D eigenvalue weighted by molar-refractivity contribution is 7.10. The molecule has 0 atom stereocenters. The number of hydrogen-bond donors (Lipinski definition) is 3. The first-order chi connectivity index (χ1) is 12.6. The number of nitrogens with one attached hydrogen (secondary N) is 3. The SMILES string of the molecule is CC(=O)Nc1cccc(Nc2ccc(NC(=O)Cc3cccs3)cc2)c1. The molecule has 2 aromatic carbocycles. The Kier molecular flexibility index (Phi) is 5.66. The van der Waals surface area contributed by atoms with Gasteiger partial charge < -0.3 is 16.0 Å². The average Bonchev–Trinajstić information content (AvgIpc) is 3.09. The number of rotatable bonds is 6. The first kappa shape index (κ1) is 17.7. The van der Waals surface area contributed by atoms with E-state index >= 15 is 0 Å². The van der Waals surface area contributed by atoms with E-state index in [4.69, 9.17) is 0 Å². The third-order valence-electron chi connectivity index (χ3n) is 3.56. The van der Waals surface area contributed by atoms with Gasteiger partial charge in [-0.25, -0.2) is 0 Å². The molecule has 0 unspecified atom stereocenters. The van der Waals surface area contributed by atoms with Crippen LogP contribution in [0.3, 0.4) is 0 Å². The van der Waals surface area contributed by atoms with Crippen LogP contribution in [-0.4, -0.2) is 11.8 Å². The maximum absolute atomic E-state index is 12.0. The summed E-state index contributed by atoms with van der Waals surface area (Å²) < 4.78 is 0. The first-order valence-corrected chi connectivity index (χ1v) is 9.03. The zero-order valence-electron chi connectivity index (χ0n) is 14.3. The van der Waals surface area contributed by atoms with Crippen molar-refractivity contribution in [2.45, 2.75) is 13.3 Å². The molecule has 1 aromatic heterocycles. The smallest absolute Gasteiger partial charge is 0.229 e. The van der Waals surface area contributed by atoms with Gasteiger partial charge >= 0.3 is 0 Å². The molecule has 1 heterocycles. The number of anilines is 4. The molecule has 0 aliphatic heterocycles. The normalized spacial score (nSPS) is 10.2. The van der Waals surface area contributed by atoms with E-state index in [2.05, 4.69) is 16.0 Å². The van der Waals surface area contributed by atoms with Crippen molar-refractivity contribution >= 4 is 45.9 Å². The summed E-state index contributed by atoms with van der Waals surface area (Å²) in [5, 5.41) is 10.9. The Hall–Kier alpha value is -3.12. The van der Waals surface area contributed by atoms with Gasteiger partial charge in [-0.05, 0) is 53.9 Å². The topological polar surface area (TPSA) is 70.2 Å². The van der Waals surface area contributed by atoms with Gasteiger partial charge in [0.05, 0.1) is 6.42 Å². The summed E-state index contributed by atoms with van der Waals surface area (Å²) in [5.41, 5.74) is 3.25. The zero-order chi connectivity index (χ0) is 18.4. The minimum absolute atomic E-state index is 0.0313. The molecular formula is C20H19N3O2S. The van der Waals surface area contributed by atoms with Crippen molar-refractivity contribution in [3.05, 3.63) is 70.9 Å². The lowest BCUT2D eigenvalue weighted by Gasteiger charge is -2.10. The van der Waals surface area contributed by atoms with E-state index in [1.54, 1.807) is 11.3 Å². The number of benzene rings is 2. The van der Waals surface area contributed by atoms with Crippen LogP contribution in [0, 0.1) is 0 Å². The van der Waals surface area contributed by atoms with E-state index in [-0.39, 0.29) is 11.8 Å². The second-order valence-corrected chi connectivity index (χ2v) is 6.80. The van der Waals surface area contributed by atoms with Crippen LogP contribution in [0.15, 0.2) is 66.0 Å². The van der Waals surface area contributed by atoms with E-state index in [9.17, 15) is 9.59 Å². The van der Waals surface area contributed by atoms with Gasteiger partial charge in [-0.2, -0.15) is 0 Å². The van der Waals surface area contributed by atoms with Crippen molar-refractivity contribution in [1.82, 2.24) is 0 Å². The molecule has 26 heavy (non-hydrogen) atoms. The predicted octanol–water partition coefficient (Wildman–Crippen LogP) is 4.63. The highest BCUT2D eigenvalue weighted by Gasteiger charge is 2.05. The monoisotopic (exact) mass is 365 g/mol. The van der Waals surface area contributed by atoms with E-state index in [0.29, 0.717) is 6.42 Å². The molecule has 0 saturated carbocycles. The van der Waals surface area contributed by atoms with Crippen molar-refractivity contribution in [3.8, 4) is 0 Å². The first-order valence-electron chi connectivity index (χ1n) is 8.15. The summed E-state index contributed by atoms with van der Waals surface area (Å²) in [6.07, 6.45) is 0.383. The fourth-order valence-corrected chi connectivity index (χ4v) is 3.16. The van der Waals surface area contributed by atoms with Crippen LogP contribution in [0.25, 0.3) is 0 Å². The summed E-state index contributed by atoms with van der Waals surface area (Å²) in [6.45, 7) is 1.48. The number of carbonyl (C=O) groups is 2. The van der Waals surface area contributed by atoms with Crippen LogP contribution in [0.4, 0.5) is 22.7 Å². The van der Waals surface area contributed by atoms with Crippen molar-refractivity contribution in [2.24, 2.45) is 0 Å². The van der Waals surface area contributed by atoms with Crippen LogP contribution in [-0.2, 0) is 16.0 Å². The Morgan fingerprint density at radius 3 is 2.27 bits per heavy atom. The molecule has 0 saturated heterocycles. The average molecular weight is 365 g/mol. The van der Waals surface area contributed by atoms with Crippen LogP contribution < -0.4 is 16.0 Å². The van der Waals surface area contributed by atoms with Crippen molar-refractivity contribution in [1.29, 1.82) is 0 Å². The quantitative estimate of drug-likeness (QED) is 0.596. The molecule has 3 N–H and O–H groups in total. The molecule has 0 aliphatic rings. The lowest BCUT2D eigenvalue weighted by Crippen LogP contribution is -2.13. The minimum Gasteiger partial charge on any atom is -0.355 e. The zero-order valence-corrected chi connectivity index (χ0v) is 15.1. The number of amides is 2. The van der Waals surface area contributed by atoms with Gasteiger partial charge in [-0.3, -0.25) is 9.59 Å².